The SMILES string of the molecule is CN(C)CCN1C(=O)COc2cc(NC(=O)CNC(=O)c3ccccc3)ccc21. The summed E-state index contributed by atoms with van der Waals surface area (Å²) in [5.74, 6) is -0.232. The second kappa shape index (κ2) is 9.20. The van der Waals surface area contributed by atoms with Crippen LogP contribution in [0.3, 0.4) is 0 Å². The van der Waals surface area contributed by atoms with Gasteiger partial charge in [-0.2, -0.15) is 0 Å². The molecule has 0 unspecified atom stereocenters. The van der Waals surface area contributed by atoms with E-state index in [0.717, 1.165) is 6.54 Å². The highest BCUT2D eigenvalue weighted by atomic mass is 16.5. The molecule has 0 aliphatic carbocycles. The summed E-state index contributed by atoms with van der Waals surface area (Å²) in [6, 6.07) is 13.8. The van der Waals surface area contributed by atoms with E-state index in [0.29, 0.717) is 29.2 Å². The van der Waals surface area contributed by atoms with Crippen LogP contribution in [-0.2, 0) is 9.59 Å². The van der Waals surface area contributed by atoms with Gasteiger partial charge in [0.25, 0.3) is 11.8 Å². The van der Waals surface area contributed by atoms with Crippen molar-refractivity contribution >= 4 is 29.1 Å². The normalized spacial score (nSPS) is 12.9. The van der Waals surface area contributed by atoms with E-state index in [-0.39, 0.29) is 30.9 Å². The predicted molar refractivity (Wildman–Crippen MR) is 110 cm³/mol. The molecule has 2 aromatic rings. The number of nitrogens with zero attached hydrogens (tertiary/aromatic N) is 2. The van der Waals surface area contributed by atoms with E-state index < -0.39 is 0 Å². The number of carbonyl (C=O) groups excluding carboxylic acids is 3. The smallest absolute Gasteiger partial charge is 0.265 e. The van der Waals surface area contributed by atoms with Crippen molar-refractivity contribution in [3.05, 3.63) is 54.1 Å². The van der Waals surface area contributed by atoms with Crippen LogP contribution in [0.5, 0.6) is 5.75 Å². The topological polar surface area (TPSA) is 91.0 Å². The Bertz CT molecular complexity index is 899. The summed E-state index contributed by atoms with van der Waals surface area (Å²) in [5.41, 5.74) is 1.70. The first-order valence-corrected chi connectivity index (χ1v) is 9.29. The quantitative estimate of drug-likeness (QED) is 0.737. The zero-order valence-corrected chi connectivity index (χ0v) is 16.5. The second-order valence-electron chi connectivity index (χ2n) is 6.92. The fourth-order valence-corrected chi connectivity index (χ4v) is 2.88. The average Bonchev–Trinajstić information content (AvgIpc) is 2.72. The third kappa shape index (κ3) is 5.32. The minimum absolute atomic E-state index is 0.0367. The lowest BCUT2D eigenvalue weighted by Crippen LogP contribution is -2.42. The van der Waals surface area contributed by atoms with Crippen LogP contribution in [-0.4, -0.2) is 63.0 Å². The van der Waals surface area contributed by atoms with Crippen LogP contribution >= 0.6 is 0 Å². The fourth-order valence-electron chi connectivity index (χ4n) is 2.88. The molecular formula is C21H24N4O4. The number of hydrogen-bond acceptors (Lipinski definition) is 5. The standard InChI is InChI=1S/C21H24N4O4/c1-24(2)10-11-25-17-9-8-16(12-18(17)29-14-20(25)27)23-19(26)13-22-21(28)15-6-4-3-5-7-15/h3-9,12H,10-11,13-14H2,1-2H3,(H,22,28)(H,23,26). The van der Waals surface area contributed by atoms with Crippen molar-refractivity contribution < 1.29 is 19.1 Å². The number of anilines is 2. The molecule has 0 aromatic heterocycles. The van der Waals surface area contributed by atoms with Crippen molar-refractivity contribution in [2.75, 3.05) is 50.6 Å². The molecule has 0 saturated carbocycles. The molecule has 152 valence electrons. The Morgan fingerprint density at radius 1 is 1.14 bits per heavy atom. The minimum atomic E-state index is -0.356. The summed E-state index contributed by atoms with van der Waals surface area (Å²) < 4.78 is 5.53. The molecule has 0 atom stereocenters. The van der Waals surface area contributed by atoms with Gasteiger partial charge in [0, 0.05) is 30.4 Å². The second-order valence-corrected chi connectivity index (χ2v) is 6.92. The number of carbonyl (C=O) groups is 3. The van der Waals surface area contributed by atoms with Crippen LogP contribution in [0.2, 0.25) is 0 Å². The van der Waals surface area contributed by atoms with E-state index in [1.54, 1.807) is 47.4 Å². The van der Waals surface area contributed by atoms with Crippen molar-refractivity contribution in [3.63, 3.8) is 0 Å². The van der Waals surface area contributed by atoms with Crippen molar-refractivity contribution in [2.24, 2.45) is 0 Å². The third-order valence-electron chi connectivity index (χ3n) is 4.40. The summed E-state index contributed by atoms with van der Waals surface area (Å²) in [7, 11) is 3.89. The average molecular weight is 396 g/mol. The fraction of sp³-hybridized carbons (Fsp3) is 0.286. The lowest BCUT2D eigenvalue weighted by molar-refractivity contribution is -0.121. The van der Waals surface area contributed by atoms with Gasteiger partial charge >= 0.3 is 0 Å². The maximum atomic E-state index is 12.2. The molecule has 0 bridgehead atoms. The highest BCUT2D eigenvalue weighted by Gasteiger charge is 2.25. The van der Waals surface area contributed by atoms with E-state index in [1.165, 1.54) is 0 Å². The number of nitrogens with one attached hydrogen (secondary N) is 2. The van der Waals surface area contributed by atoms with Gasteiger partial charge in [0.05, 0.1) is 12.2 Å². The molecule has 3 rings (SSSR count). The number of ether oxygens (including phenoxy) is 1. The summed E-state index contributed by atoms with van der Waals surface area (Å²) in [5, 5.41) is 5.31. The number of hydrogen-bond donors (Lipinski definition) is 2. The molecule has 1 aliphatic heterocycles. The van der Waals surface area contributed by atoms with Crippen molar-refractivity contribution in [1.82, 2.24) is 10.2 Å². The molecule has 1 aliphatic rings. The first kappa shape index (κ1) is 20.3. The minimum Gasteiger partial charge on any atom is -0.481 e. The van der Waals surface area contributed by atoms with Crippen LogP contribution in [0.15, 0.2) is 48.5 Å². The van der Waals surface area contributed by atoms with E-state index in [2.05, 4.69) is 10.6 Å². The molecule has 1 heterocycles. The molecule has 0 radical (unpaired) electrons. The molecule has 0 saturated heterocycles. The summed E-state index contributed by atoms with van der Waals surface area (Å²) >= 11 is 0. The first-order valence-electron chi connectivity index (χ1n) is 9.29. The van der Waals surface area contributed by atoms with Gasteiger partial charge in [-0.25, -0.2) is 0 Å². The van der Waals surface area contributed by atoms with E-state index in [4.69, 9.17) is 4.74 Å². The van der Waals surface area contributed by atoms with E-state index in [1.807, 2.05) is 25.1 Å². The van der Waals surface area contributed by atoms with Gasteiger partial charge in [-0.3, -0.25) is 14.4 Å². The largest absolute Gasteiger partial charge is 0.481 e. The van der Waals surface area contributed by atoms with Crippen LogP contribution in [0.1, 0.15) is 10.4 Å². The molecule has 3 amide bonds. The van der Waals surface area contributed by atoms with Gasteiger partial charge in [0.1, 0.15) is 5.75 Å². The zero-order valence-electron chi connectivity index (χ0n) is 16.5. The monoisotopic (exact) mass is 396 g/mol. The van der Waals surface area contributed by atoms with Gasteiger partial charge in [-0.15, -0.1) is 0 Å². The Hall–Kier alpha value is -3.39. The van der Waals surface area contributed by atoms with Crippen LogP contribution in [0, 0.1) is 0 Å². The molecule has 2 aromatic carbocycles. The molecule has 0 spiro atoms. The lowest BCUT2D eigenvalue weighted by Gasteiger charge is -2.30. The van der Waals surface area contributed by atoms with Crippen LogP contribution in [0.4, 0.5) is 11.4 Å². The molecule has 8 heteroatoms. The van der Waals surface area contributed by atoms with Crippen LogP contribution in [0.25, 0.3) is 0 Å². The summed E-state index contributed by atoms with van der Waals surface area (Å²) in [6.07, 6.45) is 0. The molecule has 2 N–H and O–H groups in total. The van der Waals surface area contributed by atoms with Gasteiger partial charge in [-0.05, 0) is 38.4 Å². The molecular weight excluding hydrogens is 372 g/mol. The van der Waals surface area contributed by atoms with Gasteiger partial charge in [-0.1, -0.05) is 18.2 Å². The highest BCUT2D eigenvalue weighted by Crippen LogP contribution is 2.34. The Balaban J connectivity index is 1.60. The third-order valence-corrected chi connectivity index (χ3v) is 4.40. The Morgan fingerprint density at radius 3 is 2.62 bits per heavy atom. The molecule has 8 nitrogen and oxygen atoms in total. The first-order chi connectivity index (χ1) is 13.9. The maximum absolute atomic E-state index is 12.2. The van der Waals surface area contributed by atoms with E-state index >= 15 is 0 Å². The molecule has 29 heavy (non-hydrogen) atoms. The number of amides is 3. The van der Waals surface area contributed by atoms with Crippen molar-refractivity contribution in [2.45, 2.75) is 0 Å². The number of benzene rings is 2. The van der Waals surface area contributed by atoms with Gasteiger partial charge < -0.3 is 25.2 Å². The summed E-state index contributed by atoms with van der Waals surface area (Å²) in [4.78, 5) is 40.0. The number of fused-ring (bicyclic) bond motifs is 1. The van der Waals surface area contributed by atoms with Crippen molar-refractivity contribution in [3.8, 4) is 5.75 Å². The summed E-state index contributed by atoms with van der Waals surface area (Å²) in [6.45, 7) is 1.09. The molecule has 0 fully saturated rings. The van der Waals surface area contributed by atoms with E-state index in [9.17, 15) is 14.4 Å². The van der Waals surface area contributed by atoms with Gasteiger partial charge in [0.2, 0.25) is 5.91 Å². The Morgan fingerprint density at radius 2 is 1.90 bits per heavy atom. The Labute approximate surface area is 169 Å². The lowest BCUT2D eigenvalue weighted by atomic mass is 10.2. The van der Waals surface area contributed by atoms with Crippen LogP contribution < -0.4 is 20.3 Å². The number of rotatable bonds is 7. The van der Waals surface area contributed by atoms with Crippen molar-refractivity contribution in [1.29, 1.82) is 0 Å². The van der Waals surface area contributed by atoms with Gasteiger partial charge in [0.15, 0.2) is 6.61 Å². The number of likely N-dealkylation sites (N-methyl/N-ethyl adjacent to an activating group) is 1. The Kier molecular flexibility index (Phi) is 6.46. The highest BCUT2D eigenvalue weighted by molar-refractivity contribution is 6.01. The zero-order chi connectivity index (χ0) is 20.8. The predicted octanol–water partition coefficient (Wildman–Crippen LogP) is 1.34. The maximum Gasteiger partial charge on any atom is 0.265 e.